The highest BCUT2D eigenvalue weighted by molar-refractivity contribution is 5.32. The number of nitrogens with two attached hydrogens (primary N) is 1. The fourth-order valence-electron chi connectivity index (χ4n) is 2.00. The first kappa shape index (κ1) is 10.7. The summed E-state index contributed by atoms with van der Waals surface area (Å²) in [5, 5.41) is 0. The molecule has 2 heteroatoms. The summed E-state index contributed by atoms with van der Waals surface area (Å²) in [6.45, 7) is 5.87. The Hall–Kier alpha value is -0.860. The van der Waals surface area contributed by atoms with Crippen molar-refractivity contribution < 1.29 is 4.74 Å². The van der Waals surface area contributed by atoms with E-state index in [0.717, 1.165) is 19.6 Å². The molecule has 0 atom stereocenters. The number of ether oxygens (including phenoxy) is 1. The largest absolute Gasteiger partial charge is 0.380 e. The van der Waals surface area contributed by atoms with E-state index in [1.807, 2.05) is 0 Å². The van der Waals surface area contributed by atoms with Gasteiger partial charge >= 0.3 is 0 Å². The van der Waals surface area contributed by atoms with E-state index in [2.05, 4.69) is 38.1 Å². The van der Waals surface area contributed by atoms with Gasteiger partial charge in [0.25, 0.3) is 0 Å². The predicted molar refractivity (Wildman–Crippen MR) is 62.0 cm³/mol. The van der Waals surface area contributed by atoms with Crippen molar-refractivity contribution in [2.24, 2.45) is 5.73 Å². The van der Waals surface area contributed by atoms with Crippen LogP contribution in [0.25, 0.3) is 0 Å². The first-order chi connectivity index (χ1) is 7.06. The van der Waals surface area contributed by atoms with Gasteiger partial charge in [-0.3, -0.25) is 0 Å². The van der Waals surface area contributed by atoms with E-state index < -0.39 is 0 Å². The average molecular weight is 205 g/mol. The van der Waals surface area contributed by atoms with E-state index in [-0.39, 0.29) is 5.54 Å². The third-order valence-corrected chi connectivity index (χ3v) is 2.78. The minimum absolute atomic E-state index is 0.138. The van der Waals surface area contributed by atoms with Gasteiger partial charge in [0, 0.05) is 11.5 Å². The molecule has 1 saturated heterocycles. The molecule has 2 nitrogen and oxygen atoms in total. The molecule has 0 bridgehead atoms. The second-order valence-electron chi connectivity index (χ2n) is 5.10. The van der Waals surface area contributed by atoms with Crippen molar-refractivity contribution in [3.63, 3.8) is 0 Å². The summed E-state index contributed by atoms with van der Waals surface area (Å²) in [6, 6.07) is 8.57. The summed E-state index contributed by atoms with van der Waals surface area (Å²) in [7, 11) is 0. The summed E-state index contributed by atoms with van der Waals surface area (Å²) in [5.74, 6) is 0.587. The minimum Gasteiger partial charge on any atom is -0.380 e. The lowest BCUT2D eigenvalue weighted by Gasteiger charge is -2.30. The maximum Gasteiger partial charge on any atom is 0.0557 e. The van der Waals surface area contributed by atoms with Crippen LogP contribution in [0.5, 0.6) is 0 Å². The van der Waals surface area contributed by atoms with Crippen molar-refractivity contribution in [2.45, 2.75) is 31.7 Å². The van der Waals surface area contributed by atoms with Crippen LogP contribution in [0.1, 0.15) is 30.9 Å². The summed E-state index contributed by atoms with van der Waals surface area (Å²) < 4.78 is 5.24. The zero-order valence-corrected chi connectivity index (χ0v) is 9.49. The standard InChI is InChI=1S/C13H19NO/c1-13(2,14)7-10-5-3-4-6-12(10)11-8-15-9-11/h3-6,11H,7-9,14H2,1-2H3. The fourth-order valence-corrected chi connectivity index (χ4v) is 2.00. The van der Waals surface area contributed by atoms with Gasteiger partial charge in [-0.25, -0.2) is 0 Å². The second kappa shape index (κ2) is 3.95. The SMILES string of the molecule is CC(C)(N)Cc1ccccc1C1COC1. The fraction of sp³-hybridized carbons (Fsp3) is 0.538. The molecule has 1 aliphatic heterocycles. The van der Waals surface area contributed by atoms with Gasteiger partial charge in [0.2, 0.25) is 0 Å². The third kappa shape index (κ3) is 2.58. The third-order valence-electron chi connectivity index (χ3n) is 2.78. The second-order valence-corrected chi connectivity index (χ2v) is 5.10. The highest BCUT2D eigenvalue weighted by Crippen LogP contribution is 2.28. The van der Waals surface area contributed by atoms with Crippen LogP contribution in [0.3, 0.4) is 0 Å². The Balaban J connectivity index is 2.21. The van der Waals surface area contributed by atoms with E-state index in [9.17, 15) is 0 Å². The Morgan fingerprint density at radius 3 is 2.53 bits per heavy atom. The maximum atomic E-state index is 6.06. The van der Waals surface area contributed by atoms with E-state index in [1.54, 1.807) is 0 Å². The van der Waals surface area contributed by atoms with Gasteiger partial charge in [-0.15, -0.1) is 0 Å². The highest BCUT2D eigenvalue weighted by Gasteiger charge is 2.24. The summed E-state index contributed by atoms with van der Waals surface area (Å²) in [6.07, 6.45) is 0.930. The van der Waals surface area contributed by atoms with Crippen molar-refractivity contribution in [1.82, 2.24) is 0 Å². The Morgan fingerprint density at radius 1 is 1.33 bits per heavy atom. The lowest BCUT2D eigenvalue weighted by Crippen LogP contribution is -2.35. The molecule has 1 heterocycles. The first-order valence-electron chi connectivity index (χ1n) is 5.51. The number of rotatable bonds is 3. The summed E-state index contributed by atoms with van der Waals surface area (Å²) in [5.41, 5.74) is 8.72. The van der Waals surface area contributed by atoms with E-state index in [0.29, 0.717) is 5.92 Å². The molecular formula is C13H19NO. The van der Waals surface area contributed by atoms with E-state index >= 15 is 0 Å². The van der Waals surface area contributed by atoms with Crippen LogP contribution in [0.2, 0.25) is 0 Å². The van der Waals surface area contributed by atoms with Crippen LogP contribution in [0.4, 0.5) is 0 Å². The molecular weight excluding hydrogens is 186 g/mol. The Morgan fingerprint density at radius 2 is 2.00 bits per heavy atom. The number of hydrogen-bond donors (Lipinski definition) is 1. The molecule has 2 N–H and O–H groups in total. The van der Waals surface area contributed by atoms with Crippen LogP contribution < -0.4 is 5.73 Å². The molecule has 2 rings (SSSR count). The van der Waals surface area contributed by atoms with Crippen molar-refractivity contribution in [3.05, 3.63) is 35.4 Å². The Bertz CT molecular complexity index is 337. The van der Waals surface area contributed by atoms with Crippen LogP contribution in [0, 0.1) is 0 Å². The molecule has 0 saturated carbocycles. The zero-order chi connectivity index (χ0) is 10.9. The van der Waals surface area contributed by atoms with Crippen molar-refractivity contribution >= 4 is 0 Å². The molecule has 82 valence electrons. The smallest absolute Gasteiger partial charge is 0.0557 e. The molecule has 0 aliphatic carbocycles. The van der Waals surface area contributed by atoms with Crippen LogP contribution in [-0.4, -0.2) is 18.8 Å². The van der Waals surface area contributed by atoms with E-state index in [1.165, 1.54) is 11.1 Å². The molecule has 0 spiro atoms. The quantitative estimate of drug-likeness (QED) is 0.820. The molecule has 0 unspecified atom stereocenters. The number of hydrogen-bond acceptors (Lipinski definition) is 2. The molecule has 1 aromatic rings. The van der Waals surface area contributed by atoms with Crippen molar-refractivity contribution in [3.8, 4) is 0 Å². The molecule has 1 fully saturated rings. The van der Waals surface area contributed by atoms with Gasteiger partial charge in [-0.1, -0.05) is 24.3 Å². The molecule has 0 aromatic heterocycles. The molecule has 0 amide bonds. The zero-order valence-electron chi connectivity index (χ0n) is 9.49. The van der Waals surface area contributed by atoms with Crippen molar-refractivity contribution in [2.75, 3.05) is 13.2 Å². The minimum atomic E-state index is -0.138. The molecule has 1 aliphatic rings. The van der Waals surface area contributed by atoms with Gasteiger partial charge < -0.3 is 10.5 Å². The lowest BCUT2D eigenvalue weighted by molar-refractivity contribution is 0.00800. The Labute approximate surface area is 91.4 Å². The molecule has 1 aromatic carbocycles. The Kier molecular flexibility index (Phi) is 2.81. The monoisotopic (exact) mass is 205 g/mol. The van der Waals surface area contributed by atoms with Crippen LogP contribution in [-0.2, 0) is 11.2 Å². The van der Waals surface area contributed by atoms with Gasteiger partial charge in [0.15, 0.2) is 0 Å². The van der Waals surface area contributed by atoms with Gasteiger partial charge in [-0.05, 0) is 31.4 Å². The number of benzene rings is 1. The topological polar surface area (TPSA) is 35.2 Å². The van der Waals surface area contributed by atoms with Gasteiger partial charge in [0.1, 0.15) is 0 Å². The van der Waals surface area contributed by atoms with Gasteiger partial charge in [-0.2, -0.15) is 0 Å². The molecule has 0 radical (unpaired) electrons. The molecule has 15 heavy (non-hydrogen) atoms. The van der Waals surface area contributed by atoms with Crippen LogP contribution >= 0.6 is 0 Å². The predicted octanol–water partition coefficient (Wildman–Crippen LogP) is 2.08. The van der Waals surface area contributed by atoms with Gasteiger partial charge in [0.05, 0.1) is 13.2 Å². The summed E-state index contributed by atoms with van der Waals surface area (Å²) in [4.78, 5) is 0. The highest BCUT2D eigenvalue weighted by atomic mass is 16.5. The normalized spacial score (nSPS) is 17.5. The van der Waals surface area contributed by atoms with Crippen molar-refractivity contribution in [1.29, 1.82) is 0 Å². The van der Waals surface area contributed by atoms with Crippen LogP contribution in [0.15, 0.2) is 24.3 Å². The first-order valence-corrected chi connectivity index (χ1v) is 5.51. The maximum absolute atomic E-state index is 6.06. The average Bonchev–Trinajstić information content (AvgIpc) is 2.02. The van der Waals surface area contributed by atoms with E-state index in [4.69, 9.17) is 10.5 Å². The summed E-state index contributed by atoms with van der Waals surface area (Å²) >= 11 is 0. The lowest BCUT2D eigenvalue weighted by atomic mass is 9.87.